The van der Waals surface area contributed by atoms with Gasteiger partial charge >= 0.3 is 0 Å². The number of aromatic hydroxyl groups is 1. The highest BCUT2D eigenvalue weighted by Gasteiger charge is 2.05. The lowest BCUT2D eigenvalue weighted by Crippen LogP contribution is -2.07. The van der Waals surface area contributed by atoms with Crippen LogP contribution in [-0.2, 0) is 11.3 Å². The number of carbonyl (C=O) groups excluding carboxylic acids is 1. The molecule has 0 aliphatic rings. The van der Waals surface area contributed by atoms with Gasteiger partial charge in [0.2, 0.25) is 5.91 Å². The molecule has 110 valence electrons. The van der Waals surface area contributed by atoms with E-state index in [1.54, 1.807) is 25.3 Å². The molecule has 2 aromatic rings. The number of amides is 1. The number of anilines is 2. The largest absolute Gasteiger partial charge is 0.508 e. The lowest BCUT2D eigenvalue weighted by Gasteiger charge is -2.12. The van der Waals surface area contributed by atoms with Gasteiger partial charge in [-0.15, -0.1) is 0 Å². The third kappa shape index (κ3) is 4.14. The Bertz CT molecular complexity index is 624. The van der Waals surface area contributed by atoms with Crippen LogP contribution in [-0.4, -0.2) is 18.1 Å². The number of phenols is 1. The van der Waals surface area contributed by atoms with Gasteiger partial charge in [-0.05, 0) is 29.8 Å². The van der Waals surface area contributed by atoms with E-state index < -0.39 is 0 Å². The van der Waals surface area contributed by atoms with Crippen LogP contribution in [0.2, 0.25) is 0 Å². The van der Waals surface area contributed by atoms with Crippen molar-refractivity contribution in [3.8, 4) is 11.5 Å². The van der Waals surface area contributed by atoms with Crippen molar-refractivity contribution < 1.29 is 14.6 Å². The fourth-order valence-corrected chi connectivity index (χ4v) is 1.91. The molecular formula is C16H18N2O3. The highest BCUT2D eigenvalue weighted by Crippen LogP contribution is 2.28. The fourth-order valence-electron chi connectivity index (χ4n) is 1.91. The molecule has 0 bridgehead atoms. The molecule has 0 saturated carbocycles. The molecule has 0 fully saturated rings. The maximum atomic E-state index is 11.1. The van der Waals surface area contributed by atoms with E-state index in [4.69, 9.17) is 4.74 Å². The lowest BCUT2D eigenvalue weighted by molar-refractivity contribution is -0.114. The van der Waals surface area contributed by atoms with E-state index in [2.05, 4.69) is 10.6 Å². The standard InChI is InChI=1S/C16H18N2O3/c1-11(19)18-15-8-5-13(9-16(15)21-2)17-10-12-3-6-14(20)7-4-12/h3-9,17,20H,10H2,1-2H3,(H,18,19). The second-order valence-corrected chi connectivity index (χ2v) is 4.62. The summed E-state index contributed by atoms with van der Waals surface area (Å²) in [6.45, 7) is 2.08. The predicted molar refractivity (Wildman–Crippen MR) is 82.7 cm³/mol. The molecule has 0 unspecified atom stereocenters. The van der Waals surface area contributed by atoms with E-state index in [-0.39, 0.29) is 11.7 Å². The number of carbonyl (C=O) groups is 1. The fraction of sp³-hybridized carbons (Fsp3) is 0.188. The Morgan fingerprint density at radius 3 is 2.52 bits per heavy atom. The van der Waals surface area contributed by atoms with E-state index in [0.29, 0.717) is 18.0 Å². The summed E-state index contributed by atoms with van der Waals surface area (Å²) >= 11 is 0. The van der Waals surface area contributed by atoms with Crippen molar-refractivity contribution in [3.63, 3.8) is 0 Å². The van der Waals surface area contributed by atoms with E-state index in [0.717, 1.165) is 11.3 Å². The van der Waals surface area contributed by atoms with Crippen LogP contribution in [0.1, 0.15) is 12.5 Å². The monoisotopic (exact) mass is 286 g/mol. The smallest absolute Gasteiger partial charge is 0.221 e. The van der Waals surface area contributed by atoms with E-state index in [9.17, 15) is 9.90 Å². The van der Waals surface area contributed by atoms with Crippen molar-refractivity contribution in [2.45, 2.75) is 13.5 Å². The van der Waals surface area contributed by atoms with Crippen LogP contribution >= 0.6 is 0 Å². The van der Waals surface area contributed by atoms with Gasteiger partial charge < -0.3 is 20.5 Å². The van der Waals surface area contributed by atoms with Gasteiger partial charge in [-0.2, -0.15) is 0 Å². The van der Waals surface area contributed by atoms with Gasteiger partial charge in [-0.1, -0.05) is 12.1 Å². The first-order valence-corrected chi connectivity index (χ1v) is 6.56. The summed E-state index contributed by atoms with van der Waals surface area (Å²) in [5, 5.41) is 15.2. The quantitative estimate of drug-likeness (QED) is 0.790. The SMILES string of the molecule is COc1cc(NCc2ccc(O)cc2)ccc1NC(C)=O. The molecule has 0 aromatic heterocycles. The second kappa shape index (κ2) is 6.65. The average molecular weight is 286 g/mol. The molecular weight excluding hydrogens is 268 g/mol. The third-order valence-electron chi connectivity index (χ3n) is 2.95. The zero-order valence-corrected chi connectivity index (χ0v) is 12.0. The Labute approximate surface area is 123 Å². The minimum Gasteiger partial charge on any atom is -0.508 e. The van der Waals surface area contributed by atoms with Crippen LogP contribution in [0.15, 0.2) is 42.5 Å². The topological polar surface area (TPSA) is 70.6 Å². The molecule has 3 N–H and O–H groups in total. The zero-order chi connectivity index (χ0) is 15.2. The number of nitrogens with one attached hydrogen (secondary N) is 2. The molecule has 5 heteroatoms. The van der Waals surface area contributed by atoms with Crippen LogP contribution in [0.25, 0.3) is 0 Å². The average Bonchev–Trinajstić information content (AvgIpc) is 2.47. The molecule has 2 aromatic carbocycles. The second-order valence-electron chi connectivity index (χ2n) is 4.62. The summed E-state index contributed by atoms with van der Waals surface area (Å²) in [6, 6.07) is 12.5. The molecule has 5 nitrogen and oxygen atoms in total. The van der Waals surface area contributed by atoms with Gasteiger partial charge in [0.25, 0.3) is 0 Å². The van der Waals surface area contributed by atoms with Crippen LogP contribution in [0, 0.1) is 0 Å². The van der Waals surface area contributed by atoms with Crippen LogP contribution in [0.4, 0.5) is 11.4 Å². The minimum atomic E-state index is -0.141. The molecule has 0 spiro atoms. The molecule has 0 aliphatic carbocycles. The number of hydrogen-bond donors (Lipinski definition) is 3. The normalized spacial score (nSPS) is 10.0. The number of ether oxygens (including phenoxy) is 1. The first-order chi connectivity index (χ1) is 10.1. The summed E-state index contributed by atoms with van der Waals surface area (Å²) in [5.74, 6) is 0.707. The Morgan fingerprint density at radius 1 is 1.19 bits per heavy atom. The van der Waals surface area contributed by atoms with Gasteiger partial charge in [0.15, 0.2) is 0 Å². The Kier molecular flexibility index (Phi) is 4.66. The van der Waals surface area contributed by atoms with Crippen molar-refractivity contribution in [3.05, 3.63) is 48.0 Å². The van der Waals surface area contributed by atoms with E-state index in [1.807, 2.05) is 24.3 Å². The maximum Gasteiger partial charge on any atom is 0.221 e. The third-order valence-corrected chi connectivity index (χ3v) is 2.95. The molecule has 2 rings (SSSR count). The zero-order valence-electron chi connectivity index (χ0n) is 12.0. The van der Waals surface area contributed by atoms with Crippen LogP contribution in [0.3, 0.4) is 0 Å². The molecule has 1 amide bonds. The van der Waals surface area contributed by atoms with E-state index in [1.165, 1.54) is 6.92 Å². The van der Waals surface area contributed by atoms with Gasteiger partial charge in [0.1, 0.15) is 11.5 Å². The number of hydrogen-bond acceptors (Lipinski definition) is 4. The molecule has 0 saturated heterocycles. The maximum absolute atomic E-state index is 11.1. The van der Waals surface area contributed by atoms with Gasteiger partial charge in [0.05, 0.1) is 12.8 Å². The minimum absolute atomic E-state index is 0.141. The number of phenolic OH excluding ortho intramolecular Hbond substituents is 1. The summed E-state index contributed by atoms with van der Waals surface area (Å²) in [4.78, 5) is 11.1. The molecule has 0 heterocycles. The Morgan fingerprint density at radius 2 is 1.90 bits per heavy atom. The summed E-state index contributed by atoms with van der Waals surface area (Å²) in [5.41, 5.74) is 2.58. The number of rotatable bonds is 5. The lowest BCUT2D eigenvalue weighted by atomic mass is 10.2. The molecule has 0 atom stereocenters. The highest BCUT2D eigenvalue weighted by molar-refractivity contribution is 5.90. The van der Waals surface area contributed by atoms with E-state index >= 15 is 0 Å². The first kappa shape index (κ1) is 14.7. The molecule has 21 heavy (non-hydrogen) atoms. The number of methoxy groups -OCH3 is 1. The van der Waals surface area contributed by atoms with Crippen molar-refractivity contribution in [2.75, 3.05) is 17.7 Å². The Balaban J connectivity index is 2.06. The molecule has 0 radical (unpaired) electrons. The van der Waals surface area contributed by atoms with Crippen LogP contribution < -0.4 is 15.4 Å². The summed E-state index contributed by atoms with van der Waals surface area (Å²) in [7, 11) is 1.56. The van der Waals surface area contributed by atoms with Crippen molar-refractivity contribution in [2.24, 2.45) is 0 Å². The summed E-state index contributed by atoms with van der Waals surface area (Å²) in [6.07, 6.45) is 0. The number of benzene rings is 2. The van der Waals surface area contributed by atoms with Gasteiger partial charge in [-0.3, -0.25) is 4.79 Å². The van der Waals surface area contributed by atoms with Gasteiger partial charge in [-0.25, -0.2) is 0 Å². The highest BCUT2D eigenvalue weighted by atomic mass is 16.5. The van der Waals surface area contributed by atoms with Crippen molar-refractivity contribution in [1.82, 2.24) is 0 Å². The first-order valence-electron chi connectivity index (χ1n) is 6.56. The van der Waals surface area contributed by atoms with Crippen molar-refractivity contribution >= 4 is 17.3 Å². The van der Waals surface area contributed by atoms with Gasteiger partial charge in [0, 0.05) is 25.2 Å². The molecule has 0 aliphatic heterocycles. The van der Waals surface area contributed by atoms with Crippen LogP contribution in [0.5, 0.6) is 11.5 Å². The Hall–Kier alpha value is -2.69. The van der Waals surface area contributed by atoms with Crippen molar-refractivity contribution in [1.29, 1.82) is 0 Å². The summed E-state index contributed by atoms with van der Waals surface area (Å²) < 4.78 is 5.27. The predicted octanol–water partition coefficient (Wildman–Crippen LogP) is 2.97.